The minimum atomic E-state index is -0.335. The molecule has 1 heterocycles. The van der Waals surface area contributed by atoms with Gasteiger partial charge in [-0.25, -0.2) is 0 Å². The van der Waals surface area contributed by atoms with Crippen LogP contribution in [0.5, 0.6) is 5.75 Å². The van der Waals surface area contributed by atoms with E-state index in [4.69, 9.17) is 9.47 Å². The van der Waals surface area contributed by atoms with E-state index in [-0.39, 0.29) is 12.0 Å². The quantitative estimate of drug-likeness (QED) is 0.837. The number of para-hydroxylation sites is 1. The van der Waals surface area contributed by atoms with Gasteiger partial charge in [0, 0.05) is 19.7 Å². The molecule has 1 unspecified atom stereocenters. The first kappa shape index (κ1) is 15.8. The molecule has 0 bridgehead atoms. The zero-order valence-corrected chi connectivity index (χ0v) is 13.2. The standard InChI is InChI=1S/C17H25NO3/c1-4-21-13(2)17(19)18-11-9-14(10-12-18)15-7-5-6-8-16(15)20-3/h5-8,13-14H,4,9-12H2,1-3H3. The van der Waals surface area contributed by atoms with Gasteiger partial charge in [0.2, 0.25) is 0 Å². The summed E-state index contributed by atoms with van der Waals surface area (Å²) in [5.74, 6) is 1.52. The van der Waals surface area contributed by atoms with E-state index >= 15 is 0 Å². The number of rotatable bonds is 5. The molecule has 0 N–H and O–H groups in total. The molecule has 0 aromatic heterocycles. The van der Waals surface area contributed by atoms with Crippen LogP contribution in [-0.4, -0.2) is 43.7 Å². The van der Waals surface area contributed by atoms with Crippen LogP contribution in [0.1, 0.15) is 38.2 Å². The summed E-state index contributed by atoms with van der Waals surface area (Å²) in [5, 5.41) is 0. The molecule has 4 heteroatoms. The van der Waals surface area contributed by atoms with Gasteiger partial charge in [-0.3, -0.25) is 4.79 Å². The molecule has 1 aromatic carbocycles. The SMILES string of the molecule is CCOC(C)C(=O)N1CCC(c2ccccc2OC)CC1. The van der Waals surface area contributed by atoms with E-state index in [1.54, 1.807) is 7.11 Å². The van der Waals surface area contributed by atoms with Gasteiger partial charge < -0.3 is 14.4 Å². The van der Waals surface area contributed by atoms with Crippen LogP contribution in [0.15, 0.2) is 24.3 Å². The maximum atomic E-state index is 12.2. The van der Waals surface area contributed by atoms with E-state index < -0.39 is 0 Å². The van der Waals surface area contributed by atoms with Gasteiger partial charge in [-0.15, -0.1) is 0 Å². The molecule has 0 spiro atoms. The van der Waals surface area contributed by atoms with E-state index in [1.165, 1.54) is 5.56 Å². The molecule has 1 aliphatic heterocycles. The Bertz CT molecular complexity index is 467. The Kier molecular flexibility index (Phi) is 5.62. The molecule has 1 aromatic rings. The first-order valence-electron chi connectivity index (χ1n) is 7.70. The predicted molar refractivity (Wildman–Crippen MR) is 82.6 cm³/mol. The molecule has 21 heavy (non-hydrogen) atoms. The van der Waals surface area contributed by atoms with Crippen LogP contribution in [0.4, 0.5) is 0 Å². The maximum absolute atomic E-state index is 12.2. The fourth-order valence-corrected chi connectivity index (χ4v) is 2.99. The molecule has 1 amide bonds. The van der Waals surface area contributed by atoms with Crippen molar-refractivity contribution in [2.75, 3.05) is 26.8 Å². The normalized spacial score (nSPS) is 17.6. The van der Waals surface area contributed by atoms with Crippen LogP contribution in [0.2, 0.25) is 0 Å². The summed E-state index contributed by atoms with van der Waals surface area (Å²) in [7, 11) is 1.71. The third kappa shape index (κ3) is 3.76. The van der Waals surface area contributed by atoms with E-state index in [9.17, 15) is 4.79 Å². The molecule has 0 saturated carbocycles. The lowest BCUT2D eigenvalue weighted by molar-refractivity contribution is -0.143. The first-order valence-corrected chi connectivity index (χ1v) is 7.70. The summed E-state index contributed by atoms with van der Waals surface area (Å²) in [5.41, 5.74) is 1.25. The molecule has 0 aliphatic carbocycles. The number of benzene rings is 1. The van der Waals surface area contributed by atoms with Crippen molar-refractivity contribution >= 4 is 5.91 Å². The Labute approximate surface area is 127 Å². The van der Waals surface area contributed by atoms with Gasteiger partial charge in [0.1, 0.15) is 11.9 Å². The Morgan fingerprint density at radius 3 is 2.62 bits per heavy atom. The van der Waals surface area contributed by atoms with E-state index in [1.807, 2.05) is 36.9 Å². The van der Waals surface area contributed by atoms with Crippen molar-refractivity contribution in [3.63, 3.8) is 0 Å². The molecule has 2 rings (SSSR count). The number of hydrogen-bond acceptors (Lipinski definition) is 3. The lowest BCUT2D eigenvalue weighted by Gasteiger charge is -2.34. The summed E-state index contributed by atoms with van der Waals surface area (Å²) in [4.78, 5) is 14.2. The van der Waals surface area contributed by atoms with E-state index in [0.29, 0.717) is 12.5 Å². The average Bonchev–Trinajstić information content (AvgIpc) is 2.54. The van der Waals surface area contributed by atoms with Crippen LogP contribution < -0.4 is 4.74 Å². The van der Waals surface area contributed by atoms with Crippen molar-refractivity contribution < 1.29 is 14.3 Å². The highest BCUT2D eigenvalue weighted by atomic mass is 16.5. The highest BCUT2D eigenvalue weighted by Gasteiger charge is 2.27. The first-order chi connectivity index (χ1) is 10.2. The Hall–Kier alpha value is -1.55. The Balaban J connectivity index is 1.95. The predicted octanol–water partition coefficient (Wildman–Crippen LogP) is 2.83. The number of carbonyl (C=O) groups is 1. The van der Waals surface area contributed by atoms with Crippen molar-refractivity contribution in [2.45, 2.75) is 38.7 Å². The van der Waals surface area contributed by atoms with E-state index in [0.717, 1.165) is 31.7 Å². The fourth-order valence-electron chi connectivity index (χ4n) is 2.99. The van der Waals surface area contributed by atoms with Crippen LogP contribution in [0.25, 0.3) is 0 Å². The number of nitrogens with zero attached hydrogens (tertiary/aromatic N) is 1. The van der Waals surface area contributed by atoms with Crippen molar-refractivity contribution in [2.24, 2.45) is 0 Å². The monoisotopic (exact) mass is 291 g/mol. The zero-order chi connectivity index (χ0) is 15.2. The number of piperidine rings is 1. The topological polar surface area (TPSA) is 38.8 Å². The largest absolute Gasteiger partial charge is 0.496 e. The molecule has 0 radical (unpaired) electrons. The summed E-state index contributed by atoms with van der Waals surface area (Å²) in [6, 6.07) is 8.17. The lowest BCUT2D eigenvalue weighted by Crippen LogP contribution is -2.43. The van der Waals surface area contributed by atoms with Crippen LogP contribution in [0, 0.1) is 0 Å². The van der Waals surface area contributed by atoms with E-state index in [2.05, 4.69) is 6.07 Å². The fraction of sp³-hybridized carbons (Fsp3) is 0.588. The third-order valence-electron chi connectivity index (χ3n) is 4.15. The summed E-state index contributed by atoms with van der Waals surface area (Å²) >= 11 is 0. The summed E-state index contributed by atoms with van der Waals surface area (Å²) in [6.45, 7) is 5.90. The minimum Gasteiger partial charge on any atom is -0.496 e. The van der Waals surface area contributed by atoms with Crippen LogP contribution >= 0.6 is 0 Å². The van der Waals surface area contributed by atoms with Gasteiger partial charge in [0.05, 0.1) is 7.11 Å². The van der Waals surface area contributed by atoms with Gasteiger partial charge in [-0.1, -0.05) is 18.2 Å². The molecular formula is C17H25NO3. The number of ether oxygens (including phenoxy) is 2. The van der Waals surface area contributed by atoms with Gasteiger partial charge >= 0.3 is 0 Å². The second-order valence-electron chi connectivity index (χ2n) is 5.44. The number of likely N-dealkylation sites (tertiary alicyclic amines) is 1. The number of carbonyl (C=O) groups excluding carboxylic acids is 1. The lowest BCUT2D eigenvalue weighted by atomic mass is 9.88. The molecule has 1 aliphatic rings. The number of hydrogen-bond donors (Lipinski definition) is 0. The smallest absolute Gasteiger partial charge is 0.251 e. The molecule has 116 valence electrons. The van der Waals surface area contributed by atoms with Gasteiger partial charge in [0.25, 0.3) is 5.91 Å². The molecular weight excluding hydrogens is 266 g/mol. The van der Waals surface area contributed by atoms with Crippen molar-refractivity contribution in [1.82, 2.24) is 4.90 Å². The van der Waals surface area contributed by atoms with Crippen LogP contribution in [0.3, 0.4) is 0 Å². The van der Waals surface area contributed by atoms with Crippen LogP contribution in [-0.2, 0) is 9.53 Å². The second-order valence-corrected chi connectivity index (χ2v) is 5.44. The van der Waals surface area contributed by atoms with Gasteiger partial charge in [-0.2, -0.15) is 0 Å². The Morgan fingerprint density at radius 1 is 1.33 bits per heavy atom. The highest BCUT2D eigenvalue weighted by molar-refractivity contribution is 5.80. The molecule has 1 saturated heterocycles. The van der Waals surface area contributed by atoms with Gasteiger partial charge in [0.15, 0.2) is 0 Å². The number of methoxy groups -OCH3 is 1. The number of amides is 1. The average molecular weight is 291 g/mol. The maximum Gasteiger partial charge on any atom is 0.251 e. The summed E-state index contributed by atoms with van der Waals surface area (Å²) in [6.07, 6.45) is 1.62. The van der Waals surface area contributed by atoms with Crippen molar-refractivity contribution in [3.05, 3.63) is 29.8 Å². The third-order valence-corrected chi connectivity index (χ3v) is 4.15. The van der Waals surface area contributed by atoms with Gasteiger partial charge in [-0.05, 0) is 44.2 Å². The Morgan fingerprint density at radius 2 is 2.00 bits per heavy atom. The molecule has 1 atom stereocenters. The van der Waals surface area contributed by atoms with Crippen molar-refractivity contribution in [1.29, 1.82) is 0 Å². The second kappa shape index (κ2) is 7.46. The highest BCUT2D eigenvalue weighted by Crippen LogP contribution is 2.34. The minimum absolute atomic E-state index is 0.107. The zero-order valence-electron chi connectivity index (χ0n) is 13.2. The van der Waals surface area contributed by atoms with Crippen molar-refractivity contribution in [3.8, 4) is 5.75 Å². The summed E-state index contributed by atoms with van der Waals surface area (Å²) < 4.78 is 10.8. The molecule has 1 fully saturated rings. The molecule has 4 nitrogen and oxygen atoms in total.